The Morgan fingerprint density at radius 3 is 2.72 bits per heavy atom. The van der Waals surface area contributed by atoms with E-state index in [9.17, 15) is 14.7 Å². The molecule has 10 heteroatoms. The number of hydrogen-bond donors (Lipinski definition) is 4. The first-order valence-corrected chi connectivity index (χ1v) is 12.5. The molecular weight excluding hydrogens is 494 g/mol. The van der Waals surface area contributed by atoms with Crippen LogP contribution in [0.3, 0.4) is 0 Å². The second-order valence-electron chi connectivity index (χ2n) is 9.84. The third-order valence-electron chi connectivity index (χ3n) is 7.53. The molecule has 39 heavy (non-hydrogen) atoms. The molecule has 1 amide bonds. The second-order valence-corrected chi connectivity index (χ2v) is 9.84. The average Bonchev–Trinajstić information content (AvgIpc) is 3.67. The predicted molar refractivity (Wildman–Crippen MR) is 146 cm³/mol. The summed E-state index contributed by atoms with van der Waals surface area (Å²) in [6, 6.07) is 16.4. The number of nitrogens with one attached hydrogen (secondary N) is 3. The average molecular weight is 518 g/mol. The zero-order valence-corrected chi connectivity index (χ0v) is 20.9. The van der Waals surface area contributed by atoms with E-state index in [1.54, 1.807) is 35.5 Å². The summed E-state index contributed by atoms with van der Waals surface area (Å²) in [7, 11) is 0. The summed E-state index contributed by atoms with van der Waals surface area (Å²) in [5.41, 5.74) is 4.36. The molecule has 7 rings (SSSR count). The number of para-hydroxylation sites is 1. The van der Waals surface area contributed by atoms with Crippen LogP contribution in [0.4, 0.5) is 5.69 Å². The first-order valence-electron chi connectivity index (χ1n) is 12.5. The highest BCUT2D eigenvalue weighted by Crippen LogP contribution is 2.46. The van der Waals surface area contributed by atoms with Crippen LogP contribution in [0.5, 0.6) is 5.75 Å². The van der Waals surface area contributed by atoms with Gasteiger partial charge in [0.25, 0.3) is 5.91 Å². The summed E-state index contributed by atoms with van der Waals surface area (Å²) in [6.45, 7) is 2.32. The van der Waals surface area contributed by atoms with Gasteiger partial charge in [0.05, 0.1) is 23.9 Å². The maximum Gasteiger partial charge on any atom is 0.274 e. The van der Waals surface area contributed by atoms with E-state index in [0.29, 0.717) is 52.1 Å². The molecule has 3 aromatic carbocycles. The standard InChI is InChI=1S/C29H23N7O3/c1-15(37)18-8-4-5-16-9-21(34-25(16)18)29(39)36-12-17(11-35-14-33-27(30)26-28(35)32-13-31-26)24-20-7-3-2-6-19(20)23(38)10-22(24)36/h2-10,13-14,17,30,34,38H,11-12H2,1H3,(H,31,32)/t17-/m1/s1. The lowest BCUT2D eigenvalue weighted by atomic mass is 9.94. The Hall–Kier alpha value is -5.25. The van der Waals surface area contributed by atoms with Gasteiger partial charge >= 0.3 is 0 Å². The quantitative estimate of drug-likeness (QED) is 0.259. The highest BCUT2D eigenvalue weighted by atomic mass is 16.3. The Morgan fingerprint density at radius 1 is 1.08 bits per heavy atom. The van der Waals surface area contributed by atoms with E-state index in [-0.39, 0.29) is 28.8 Å². The van der Waals surface area contributed by atoms with Crippen LogP contribution >= 0.6 is 0 Å². The van der Waals surface area contributed by atoms with E-state index in [1.807, 2.05) is 34.9 Å². The second kappa shape index (κ2) is 8.38. The fourth-order valence-electron chi connectivity index (χ4n) is 5.78. The number of benzene rings is 3. The minimum Gasteiger partial charge on any atom is -0.507 e. The number of aromatic hydroxyl groups is 1. The van der Waals surface area contributed by atoms with Crippen molar-refractivity contribution < 1.29 is 14.7 Å². The van der Waals surface area contributed by atoms with Gasteiger partial charge in [-0.15, -0.1) is 0 Å². The minimum atomic E-state index is -0.256. The number of H-pyrrole nitrogens is 2. The lowest BCUT2D eigenvalue weighted by molar-refractivity contribution is 0.0981. The minimum absolute atomic E-state index is 0.0848. The topological polar surface area (TPSA) is 144 Å². The largest absolute Gasteiger partial charge is 0.507 e. The van der Waals surface area contributed by atoms with Crippen molar-refractivity contribution in [3.05, 3.63) is 89.6 Å². The van der Waals surface area contributed by atoms with Gasteiger partial charge in [0.2, 0.25) is 0 Å². The number of carbonyl (C=O) groups excluding carboxylic acids is 2. The van der Waals surface area contributed by atoms with E-state index in [0.717, 1.165) is 16.3 Å². The predicted octanol–water partition coefficient (Wildman–Crippen LogP) is 4.23. The number of fused-ring (bicyclic) bond motifs is 5. The van der Waals surface area contributed by atoms with Gasteiger partial charge in [-0.1, -0.05) is 36.4 Å². The smallest absolute Gasteiger partial charge is 0.274 e. The molecule has 0 fully saturated rings. The summed E-state index contributed by atoms with van der Waals surface area (Å²) in [4.78, 5) is 42.6. The Bertz CT molecular complexity index is 2030. The van der Waals surface area contributed by atoms with E-state index < -0.39 is 0 Å². The number of nitrogens with zero attached hydrogens (tertiary/aromatic N) is 4. The van der Waals surface area contributed by atoms with Gasteiger partial charge in [0.15, 0.2) is 16.9 Å². The Kier molecular flexibility index (Phi) is 4.93. The molecule has 0 radical (unpaired) electrons. The van der Waals surface area contributed by atoms with E-state index in [4.69, 9.17) is 5.41 Å². The molecule has 10 nitrogen and oxygen atoms in total. The van der Waals surface area contributed by atoms with Crippen LogP contribution in [-0.2, 0) is 6.54 Å². The van der Waals surface area contributed by atoms with Gasteiger partial charge in [-0.25, -0.2) is 9.97 Å². The van der Waals surface area contributed by atoms with E-state index in [2.05, 4.69) is 19.9 Å². The monoisotopic (exact) mass is 517 g/mol. The lowest BCUT2D eigenvalue weighted by Gasteiger charge is -2.18. The van der Waals surface area contributed by atoms with Gasteiger partial charge in [0.1, 0.15) is 17.0 Å². The Balaban J connectivity index is 1.36. The molecule has 1 atom stereocenters. The lowest BCUT2D eigenvalue weighted by Crippen LogP contribution is -2.31. The SMILES string of the molecule is CC(=O)c1cccc2cc(C(=O)N3C[C@@H](Cn4cnc(=N)c5[nH]cnc54)c4c3cc(O)c3ccccc43)[nH]c12. The molecule has 192 valence electrons. The fourth-order valence-corrected chi connectivity index (χ4v) is 5.78. The van der Waals surface area contributed by atoms with Gasteiger partial charge < -0.3 is 24.5 Å². The molecule has 0 saturated carbocycles. The molecule has 0 bridgehead atoms. The molecule has 0 spiro atoms. The van der Waals surface area contributed by atoms with Crippen molar-refractivity contribution in [3.63, 3.8) is 0 Å². The molecule has 0 aliphatic carbocycles. The molecule has 3 aromatic heterocycles. The number of rotatable bonds is 4. The normalized spacial score (nSPS) is 14.9. The highest BCUT2D eigenvalue weighted by Gasteiger charge is 2.36. The Morgan fingerprint density at radius 2 is 1.90 bits per heavy atom. The summed E-state index contributed by atoms with van der Waals surface area (Å²) < 4.78 is 1.88. The van der Waals surface area contributed by atoms with Crippen LogP contribution in [0, 0.1) is 5.41 Å². The van der Waals surface area contributed by atoms with Crippen LogP contribution in [0.1, 0.15) is 39.3 Å². The zero-order chi connectivity index (χ0) is 26.8. The summed E-state index contributed by atoms with van der Waals surface area (Å²) in [6.07, 6.45) is 3.14. The van der Waals surface area contributed by atoms with Gasteiger partial charge in [0, 0.05) is 41.4 Å². The number of carbonyl (C=O) groups is 2. The van der Waals surface area contributed by atoms with Crippen molar-refractivity contribution in [1.82, 2.24) is 24.5 Å². The number of phenols is 1. The van der Waals surface area contributed by atoms with Crippen molar-refractivity contribution in [1.29, 1.82) is 5.41 Å². The number of anilines is 1. The molecule has 6 aromatic rings. The fraction of sp³-hybridized carbons (Fsp3) is 0.138. The van der Waals surface area contributed by atoms with Gasteiger partial charge in [-0.3, -0.25) is 15.0 Å². The number of imidazole rings is 1. The molecule has 1 aliphatic rings. The van der Waals surface area contributed by atoms with Gasteiger partial charge in [-0.2, -0.15) is 0 Å². The molecule has 0 saturated heterocycles. The highest BCUT2D eigenvalue weighted by molar-refractivity contribution is 6.13. The number of Topliss-reactive ketones (excluding diaryl/α,β-unsaturated/α-hetero) is 1. The maximum atomic E-state index is 14.0. The third kappa shape index (κ3) is 3.45. The molecular formula is C29H23N7O3. The summed E-state index contributed by atoms with van der Waals surface area (Å²) in [5, 5.41) is 21.3. The van der Waals surface area contributed by atoms with Crippen molar-refractivity contribution >= 4 is 50.2 Å². The first kappa shape index (κ1) is 22.9. The van der Waals surface area contributed by atoms with Crippen molar-refractivity contribution in [2.75, 3.05) is 11.4 Å². The summed E-state index contributed by atoms with van der Waals surface area (Å²) in [5.74, 6) is -0.386. The maximum absolute atomic E-state index is 14.0. The van der Waals surface area contributed by atoms with Crippen molar-refractivity contribution in [3.8, 4) is 5.75 Å². The van der Waals surface area contributed by atoms with Crippen LogP contribution in [0.2, 0.25) is 0 Å². The Labute approximate surface area is 221 Å². The number of aromatic nitrogens is 5. The number of amides is 1. The van der Waals surface area contributed by atoms with Crippen LogP contribution in [0.25, 0.3) is 32.8 Å². The number of phenolic OH excluding ortho intramolecular Hbond substituents is 1. The third-order valence-corrected chi connectivity index (χ3v) is 7.53. The molecule has 1 aliphatic heterocycles. The van der Waals surface area contributed by atoms with Crippen molar-refractivity contribution in [2.24, 2.45) is 0 Å². The van der Waals surface area contributed by atoms with Crippen LogP contribution in [0.15, 0.2) is 67.3 Å². The molecule has 4 N–H and O–H groups in total. The van der Waals surface area contributed by atoms with Crippen LogP contribution in [-0.4, -0.2) is 47.8 Å². The molecule has 0 unspecified atom stereocenters. The molecule has 4 heterocycles. The summed E-state index contributed by atoms with van der Waals surface area (Å²) >= 11 is 0. The number of aromatic amines is 2. The van der Waals surface area contributed by atoms with E-state index in [1.165, 1.54) is 13.3 Å². The van der Waals surface area contributed by atoms with E-state index >= 15 is 0 Å². The zero-order valence-electron chi connectivity index (χ0n) is 20.9. The number of ketones is 1. The van der Waals surface area contributed by atoms with Gasteiger partial charge in [-0.05, 0) is 30.0 Å². The number of hydrogen-bond acceptors (Lipinski definition) is 6. The van der Waals surface area contributed by atoms with Crippen molar-refractivity contribution in [2.45, 2.75) is 19.4 Å². The van der Waals surface area contributed by atoms with Crippen LogP contribution < -0.4 is 10.4 Å². The first-order chi connectivity index (χ1) is 18.9.